The van der Waals surface area contributed by atoms with E-state index in [2.05, 4.69) is 0 Å². The fourth-order valence-corrected chi connectivity index (χ4v) is 2.26. The number of hydrogen-bond acceptors (Lipinski definition) is 7. The molecule has 0 aliphatic carbocycles. The van der Waals surface area contributed by atoms with E-state index >= 15 is 0 Å². The third kappa shape index (κ3) is 5.39. The predicted molar refractivity (Wildman–Crippen MR) is 99.7 cm³/mol. The van der Waals surface area contributed by atoms with E-state index < -0.39 is 34.5 Å². The summed E-state index contributed by atoms with van der Waals surface area (Å²) in [5.74, 6) is -5.41. The number of rotatable bonds is 5. The number of halogens is 1. The van der Waals surface area contributed by atoms with E-state index in [-0.39, 0.29) is 18.0 Å². The summed E-state index contributed by atoms with van der Waals surface area (Å²) in [5, 5.41) is 18.6. The third-order valence-corrected chi connectivity index (χ3v) is 3.52. The number of nitrogens with two attached hydrogens (primary N) is 1. The topological polar surface area (TPSA) is 144 Å². The van der Waals surface area contributed by atoms with E-state index in [1.54, 1.807) is 12.1 Å². The van der Waals surface area contributed by atoms with Crippen molar-refractivity contribution in [2.45, 2.75) is 13.3 Å². The number of aromatic hydroxyl groups is 1. The summed E-state index contributed by atoms with van der Waals surface area (Å²) in [6.07, 6.45) is 0.276. The van der Waals surface area contributed by atoms with Crippen LogP contribution in [-0.4, -0.2) is 28.5 Å². The molecule has 0 saturated heterocycles. The molecule has 2 heterocycles. The first kappa shape index (κ1) is 21.6. The van der Waals surface area contributed by atoms with Gasteiger partial charge in [0, 0.05) is 12.5 Å². The molecule has 0 saturated carbocycles. The van der Waals surface area contributed by atoms with Crippen LogP contribution >= 0.6 is 0 Å². The Morgan fingerprint density at radius 2 is 1.69 bits per heavy atom. The number of hydrogen-bond donors (Lipinski definition) is 3. The molecule has 0 atom stereocenters. The second kappa shape index (κ2) is 9.47. The highest BCUT2D eigenvalue weighted by Gasteiger charge is 2.25. The normalized spacial score (nSPS) is 10.2. The van der Waals surface area contributed by atoms with Gasteiger partial charge in [-0.1, -0.05) is 19.1 Å². The van der Waals surface area contributed by atoms with Gasteiger partial charge in [-0.3, -0.25) is 9.59 Å². The summed E-state index contributed by atoms with van der Waals surface area (Å²) in [5.41, 5.74) is 4.53. The van der Waals surface area contributed by atoms with Crippen LogP contribution in [0.1, 0.15) is 45.1 Å². The van der Waals surface area contributed by atoms with Gasteiger partial charge < -0.3 is 24.8 Å². The van der Waals surface area contributed by atoms with E-state index in [9.17, 15) is 23.9 Å². The van der Waals surface area contributed by atoms with Crippen molar-refractivity contribution in [1.29, 1.82) is 0 Å². The Hall–Kier alpha value is -3.72. The molecule has 0 amide bonds. The molecule has 1 aromatic carbocycles. The fourth-order valence-electron chi connectivity index (χ4n) is 2.26. The number of carboxylic acid groups (broad SMARTS) is 1. The maximum atomic E-state index is 12.9. The van der Waals surface area contributed by atoms with E-state index in [4.69, 9.17) is 19.7 Å². The first-order valence-electron chi connectivity index (χ1n) is 8.45. The van der Waals surface area contributed by atoms with Crippen LogP contribution in [0.25, 0.3) is 0 Å². The lowest BCUT2D eigenvalue weighted by Gasteiger charge is -2.02. The van der Waals surface area contributed by atoms with Crippen molar-refractivity contribution in [2.75, 3.05) is 6.54 Å². The molecule has 0 spiro atoms. The van der Waals surface area contributed by atoms with E-state index in [1.807, 2.05) is 6.92 Å². The van der Waals surface area contributed by atoms with Gasteiger partial charge in [0.1, 0.15) is 11.6 Å². The van der Waals surface area contributed by atoms with Crippen LogP contribution in [0.2, 0.25) is 0 Å². The summed E-state index contributed by atoms with van der Waals surface area (Å²) < 4.78 is 23.1. The van der Waals surface area contributed by atoms with Crippen molar-refractivity contribution in [3.63, 3.8) is 0 Å². The zero-order valence-electron chi connectivity index (χ0n) is 15.3. The number of carboxylic acids is 1. The molecule has 0 unspecified atom stereocenters. The lowest BCUT2D eigenvalue weighted by molar-refractivity contribution is 0.0655. The number of ketones is 1. The first-order chi connectivity index (χ1) is 13.8. The Morgan fingerprint density at radius 3 is 2.28 bits per heavy atom. The van der Waals surface area contributed by atoms with Gasteiger partial charge in [-0.2, -0.15) is 0 Å². The van der Waals surface area contributed by atoms with E-state index in [0.717, 1.165) is 12.1 Å². The maximum absolute atomic E-state index is 12.9. The molecule has 3 rings (SSSR count). The average Bonchev–Trinajstić information content (AvgIpc) is 3.14. The monoisotopic (exact) mass is 403 g/mol. The molecule has 0 fully saturated rings. The summed E-state index contributed by atoms with van der Waals surface area (Å²) in [6.45, 7) is 2.65. The van der Waals surface area contributed by atoms with Crippen molar-refractivity contribution in [2.24, 2.45) is 5.73 Å². The predicted octanol–water partition coefficient (Wildman–Crippen LogP) is 2.56. The molecule has 3 aromatic rings. The minimum absolute atomic E-state index is 0.247. The summed E-state index contributed by atoms with van der Waals surface area (Å²) in [6, 6.07) is 9.04. The molecule has 0 bridgehead atoms. The molecule has 0 aliphatic heterocycles. The molecule has 9 heteroatoms. The summed E-state index contributed by atoms with van der Waals surface area (Å²) in [4.78, 5) is 34.9. The fraction of sp³-hybridized carbons (Fsp3) is 0.150. The molecule has 8 nitrogen and oxygen atoms in total. The van der Waals surface area contributed by atoms with Gasteiger partial charge in [0.25, 0.3) is 5.78 Å². The lowest BCUT2D eigenvalue weighted by atomic mass is 10.1. The third-order valence-electron chi connectivity index (χ3n) is 3.52. The number of carbonyl (C=O) groups is 2. The second-order valence-electron chi connectivity index (χ2n) is 5.76. The van der Waals surface area contributed by atoms with Gasteiger partial charge in [0.2, 0.25) is 22.7 Å². The second-order valence-corrected chi connectivity index (χ2v) is 5.76. The Bertz CT molecular complexity index is 1070. The Morgan fingerprint density at radius 1 is 1.07 bits per heavy atom. The lowest BCUT2D eigenvalue weighted by Crippen LogP contribution is -2.12. The SMILES string of the molecule is CCN.O=C(O)c1cc(=O)c(O)c(C(=O)c2ccc(Cc3ccc(F)cc3)o2)o1. The molecule has 0 aliphatic rings. The standard InChI is InChI=1S/C18H11FO7.C2H7N/c19-10-3-1-9(2-4-10)7-11-5-6-13(25-11)16(22)17-15(21)12(20)8-14(26-17)18(23)24;1-2-3/h1-6,8,21H,7H2,(H,23,24);2-3H2,1H3. The van der Waals surface area contributed by atoms with Gasteiger partial charge in [-0.15, -0.1) is 0 Å². The van der Waals surface area contributed by atoms with Crippen LogP contribution in [0.15, 0.2) is 56.1 Å². The van der Waals surface area contributed by atoms with Crippen molar-refractivity contribution in [1.82, 2.24) is 0 Å². The highest BCUT2D eigenvalue weighted by molar-refractivity contribution is 6.07. The molecule has 0 radical (unpaired) electrons. The van der Waals surface area contributed by atoms with Crippen molar-refractivity contribution < 1.29 is 33.0 Å². The molecule has 4 N–H and O–H groups in total. The van der Waals surface area contributed by atoms with Gasteiger partial charge in [-0.05, 0) is 36.4 Å². The number of aromatic carboxylic acids is 1. The summed E-state index contributed by atoms with van der Waals surface area (Å²) in [7, 11) is 0. The highest BCUT2D eigenvalue weighted by Crippen LogP contribution is 2.21. The van der Waals surface area contributed by atoms with Crippen molar-refractivity contribution in [3.05, 3.63) is 87.1 Å². The molecular formula is C20H18FNO7. The van der Waals surface area contributed by atoms with Gasteiger partial charge in [-0.25, -0.2) is 9.18 Å². The van der Waals surface area contributed by atoms with Crippen LogP contribution in [0.4, 0.5) is 4.39 Å². The minimum Gasteiger partial charge on any atom is -0.501 e. The Kier molecular flexibility index (Phi) is 7.05. The van der Waals surface area contributed by atoms with Crippen LogP contribution in [0.5, 0.6) is 5.75 Å². The molecule has 29 heavy (non-hydrogen) atoms. The Balaban J connectivity index is 0.000000941. The zero-order valence-corrected chi connectivity index (χ0v) is 15.3. The van der Waals surface area contributed by atoms with E-state index in [0.29, 0.717) is 11.8 Å². The quantitative estimate of drug-likeness (QED) is 0.551. The smallest absolute Gasteiger partial charge is 0.371 e. The van der Waals surface area contributed by atoms with Gasteiger partial charge in [0.05, 0.1) is 0 Å². The molecular weight excluding hydrogens is 385 g/mol. The largest absolute Gasteiger partial charge is 0.501 e. The molecule has 152 valence electrons. The average molecular weight is 403 g/mol. The van der Waals surface area contributed by atoms with E-state index in [1.165, 1.54) is 24.3 Å². The molecule has 2 aromatic heterocycles. The van der Waals surface area contributed by atoms with Gasteiger partial charge >= 0.3 is 5.97 Å². The van der Waals surface area contributed by atoms with Crippen molar-refractivity contribution in [3.8, 4) is 5.75 Å². The van der Waals surface area contributed by atoms with Gasteiger partial charge in [0.15, 0.2) is 5.76 Å². The minimum atomic E-state index is -1.56. The number of carbonyl (C=O) groups excluding carboxylic acids is 1. The first-order valence-corrected chi connectivity index (χ1v) is 8.45. The van der Waals surface area contributed by atoms with Crippen LogP contribution in [0.3, 0.4) is 0 Å². The van der Waals surface area contributed by atoms with Crippen LogP contribution < -0.4 is 11.2 Å². The van der Waals surface area contributed by atoms with Crippen LogP contribution in [0, 0.1) is 5.82 Å². The van der Waals surface area contributed by atoms with Crippen LogP contribution in [-0.2, 0) is 6.42 Å². The maximum Gasteiger partial charge on any atom is 0.371 e. The number of benzene rings is 1. The Labute approximate surface area is 164 Å². The zero-order chi connectivity index (χ0) is 21.6. The highest BCUT2D eigenvalue weighted by atomic mass is 19.1. The van der Waals surface area contributed by atoms with Crippen molar-refractivity contribution >= 4 is 11.8 Å². The number of furan rings is 1. The summed E-state index contributed by atoms with van der Waals surface area (Å²) >= 11 is 0.